The van der Waals surface area contributed by atoms with Crippen molar-refractivity contribution in [1.82, 2.24) is 10.2 Å². The van der Waals surface area contributed by atoms with Crippen LogP contribution in [0.5, 0.6) is 0 Å². The molecule has 0 aliphatic rings. The molecule has 0 fully saturated rings. The molecule has 1 amide bonds. The first-order chi connectivity index (χ1) is 8.65. The Kier molecular flexibility index (Phi) is 3.94. The van der Waals surface area contributed by atoms with Gasteiger partial charge in [0.1, 0.15) is 5.38 Å². The highest BCUT2D eigenvalue weighted by Crippen LogP contribution is 2.11. The van der Waals surface area contributed by atoms with Crippen LogP contribution in [0.1, 0.15) is 11.8 Å². The summed E-state index contributed by atoms with van der Waals surface area (Å²) in [7, 11) is 0. The Morgan fingerprint density at radius 1 is 1.39 bits per heavy atom. The fraction of sp³-hybridized carbons (Fsp3) is 0.250. The summed E-state index contributed by atoms with van der Waals surface area (Å²) in [6.45, 7) is 1.68. The van der Waals surface area contributed by atoms with Crippen molar-refractivity contribution in [1.29, 1.82) is 0 Å². The Labute approximate surface area is 109 Å². The number of aromatic nitrogens is 2. The number of carbonyl (C=O) groups is 1. The van der Waals surface area contributed by atoms with Gasteiger partial charge in [0.05, 0.1) is 6.42 Å². The molecular weight excluding hydrogens is 254 g/mol. The van der Waals surface area contributed by atoms with E-state index in [-0.39, 0.29) is 12.3 Å². The second-order valence-electron chi connectivity index (χ2n) is 3.74. The summed E-state index contributed by atoms with van der Waals surface area (Å²) >= 11 is 5.99. The second-order valence-corrected chi connectivity index (χ2v) is 4.27. The zero-order valence-electron chi connectivity index (χ0n) is 9.76. The quantitative estimate of drug-likeness (QED) is 0.860. The molecule has 1 aromatic carbocycles. The second kappa shape index (κ2) is 5.64. The first-order valence-electron chi connectivity index (χ1n) is 5.44. The van der Waals surface area contributed by atoms with E-state index in [0.717, 1.165) is 0 Å². The van der Waals surface area contributed by atoms with Crippen LogP contribution < -0.4 is 5.32 Å². The zero-order chi connectivity index (χ0) is 13.0. The van der Waals surface area contributed by atoms with Crippen molar-refractivity contribution >= 4 is 23.2 Å². The topological polar surface area (TPSA) is 68.0 Å². The third-order valence-corrected chi connectivity index (χ3v) is 2.60. The molecule has 18 heavy (non-hydrogen) atoms. The van der Waals surface area contributed by atoms with Gasteiger partial charge in [0.2, 0.25) is 17.7 Å². The van der Waals surface area contributed by atoms with Gasteiger partial charge in [-0.2, -0.15) is 0 Å². The smallest absolute Gasteiger partial charge is 0.242 e. The van der Waals surface area contributed by atoms with Crippen LogP contribution in [-0.2, 0) is 11.2 Å². The summed E-state index contributed by atoms with van der Waals surface area (Å²) in [4.78, 5) is 11.8. The Morgan fingerprint density at radius 3 is 2.72 bits per heavy atom. The number of rotatable bonds is 4. The molecule has 1 N–H and O–H groups in total. The lowest BCUT2D eigenvalue weighted by atomic mass is 10.2. The van der Waals surface area contributed by atoms with Crippen LogP contribution in [0.3, 0.4) is 0 Å². The number of hydrogen-bond donors (Lipinski definition) is 1. The third kappa shape index (κ3) is 3.30. The van der Waals surface area contributed by atoms with Crippen LogP contribution in [0.25, 0.3) is 0 Å². The average Bonchev–Trinajstić information content (AvgIpc) is 2.76. The van der Waals surface area contributed by atoms with E-state index in [1.165, 1.54) is 0 Å². The molecular formula is C12H12ClN3O2. The fourth-order valence-corrected chi connectivity index (χ4v) is 1.59. The summed E-state index contributed by atoms with van der Waals surface area (Å²) in [6.07, 6.45) is 0.209. The molecule has 94 valence electrons. The van der Waals surface area contributed by atoms with Crippen molar-refractivity contribution in [2.45, 2.75) is 18.7 Å². The Morgan fingerprint density at radius 2 is 2.11 bits per heavy atom. The lowest BCUT2D eigenvalue weighted by Crippen LogP contribution is -2.25. The molecule has 0 spiro atoms. The van der Waals surface area contributed by atoms with E-state index in [1.54, 1.807) is 19.1 Å². The Hall–Kier alpha value is -1.88. The van der Waals surface area contributed by atoms with E-state index < -0.39 is 5.38 Å². The molecule has 0 saturated carbocycles. The molecule has 5 nitrogen and oxygen atoms in total. The highest BCUT2D eigenvalue weighted by atomic mass is 35.5. The molecule has 0 aliphatic carbocycles. The molecule has 6 heteroatoms. The first kappa shape index (κ1) is 12.6. The minimum absolute atomic E-state index is 0.209. The minimum Gasteiger partial charge on any atom is -0.426 e. The van der Waals surface area contributed by atoms with Crippen LogP contribution >= 0.6 is 11.6 Å². The largest absolute Gasteiger partial charge is 0.426 e. The number of carbonyl (C=O) groups excluding carboxylic acids is 1. The van der Waals surface area contributed by atoms with Gasteiger partial charge in [-0.25, -0.2) is 0 Å². The lowest BCUT2D eigenvalue weighted by molar-refractivity contribution is -0.115. The zero-order valence-corrected chi connectivity index (χ0v) is 10.5. The maximum Gasteiger partial charge on any atom is 0.242 e. The molecule has 0 aliphatic heterocycles. The number of anilines is 1. The van der Waals surface area contributed by atoms with Crippen LogP contribution in [0, 0.1) is 6.92 Å². The van der Waals surface area contributed by atoms with Crippen LogP contribution in [0.2, 0.25) is 0 Å². The van der Waals surface area contributed by atoms with Gasteiger partial charge in [0.15, 0.2) is 0 Å². The van der Waals surface area contributed by atoms with Gasteiger partial charge < -0.3 is 9.73 Å². The van der Waals surface area contributed by atoms with Crippen molar-refractivity contribution in [2.75, 3.05) is 5.32 Å². The average molecular weight is 266 g/mol. The molecule has 0 bridgehead atoms. The van der Waals surface area contributed by atoms with Crippen molar-refractivity contribution < 1.29 is 9.21 Å². The van der Waals surface area contributed by atoms with E-state index in [9.17, 15) is 4.79 Å². The Balaban J connectivity index is 1.93. The molecule has 1 unspecified atom stereocenters. The van der Waals surface area contributed by atoms with Crippen molar-refractivity contribution in [3.05, 3.63) is 42.1 Å². The third-order valence-electron chi connectivity index (χ3n) is 2.25. The predicted octanol–water partition coefficient (Wildman–Crippen LogP) is 2.17. The molecule has 2 aromatic rings. The number of amides is 1. The number of nitrogens with one attached hydrogen (secondary N) is 1. The predicted molar refractivity (Wildman–Crippen MR) is 67.5 cm³/mol. The fourth-order valence-electron chi connectivity index (χ4n) is 1.41. The number of benzene rings is 1. The molecule has 1 atom stereocenters. The van der Waals surface area contributed by atoms with E-state index >= 15 is 0 Å². The highest BCUT2D eigenvalue weighted by Gasteiger charge is 2.19. The van der Waals surface area contributed by atoms with Gasteiger partial charge in [0.25, 0.3) is 0 Å². The number of halogens is 1. The lowest BCUT2D eigenvalue weighted by Gasteiger charge is -2.08. The summed E-state index contributed by atoms with van der Waals surface area (Å²) in [5.74, 6) is 0.520. The van der Waals surface area contributed by atoms with Gasteiger partial charge in [0, 0.05) is 12.6 Å². The minimum atomic E-state index is -0.745. The maximum atomic E-state index is 11.8. The van der Waals surface area contributed by atoms with Gasteiger partial charge in [-0.1, -0.05) is 18.2 Å². The highest BCUT2D eigenvalue weighted by molar-refractivity contribution is 6.32. The van der Waals surface area contributed by atoms with Crippen molar-refractivity contribution in [3.63, 3.8) is 0 Å². The summed E-state index contributed by atoms with van der Waals surface area (Å²) < 4.78 is 5.17. The van der Waals surface area contributed by atoms with Crippen LogP contribution in [-0.4, -0.2) is 21.5 Å². The standard InChI is InChI=1S/C12H12ClN3O2/c1-8-15-16-11(18-8)7-10(13)12(17)14-9-5-3-2-4-6-9/h2-6,10H,7H2,1H3,(H,14,17). The van der Waals surface area contributed by atoms with Gasteiger partial charge in [-0.3, -0.25) is 4.79 Å². The van der Waals surface area contributed by atoms with E-state index in [4.69, 9.17) is 16.0 Å². The van der Waals surface area contributed by atoms with E-state index in [0.29, 0.717) is 17.5 Å². The number of alkyl halides is 1. The molecule has 0 radical (unpaired) electrons. The number of aryl methyl sites for hydroxylation is 1. The normalized spacial score (nSPS) is 12.1. The summed E-state index contributed by atoms with van der Waals surface area (Å²) in [5.41, 5.74) is 0.704. The molecule has 1 aromatic heterocycles. The number of nitrogens with zero attached hydrogens (tertiary/aromatic N) is 2. The summed E-state index contributed by atoms with van der Waals surface area (Å²) in [5, 5.41) is 9.43. The van der Waals surface area contributed by atoms with Gasteiger partial charge in [-0.05, 0) is 12.1 Å². The number of para-hydroxylation sites is 1. The van der Waals surface area contributed by atoms with Crippen molar-refractivity contribution in [2.24, 2.45) is 0 Å². The van der Waals surface area contributed by atoms with Gasteiger partial charge >= 0.3 is 0 Å². The SMILES string of the molecule is Cc1nnc(CC(Cl)C(=O)Nc2ccccc2)o1. The maximum absolute atomic E-state index is 11.8. The van der Waals surface area contributed by atoms with Crippen molar-refractivity contribution in [3.8, 4) is 0 Å². The van der Waals surface area contributed by atoms with Crippen LogP contribution in [0.4, 0.5) is 5.69 Å². The number of hydrogen-bond acceptors (Lipinski definition) is 4. The van der Waals surface area contributed by atoms with E-state index in [2.05, 4.69) is 15.5 Å². The van der Waals surface area contributed by atoms with Crippen LogP contribution in [0.15, 0.2) is 34.7 Å². The van der Waals surface area contributed by atoms with E-state index in [1.807, 2.05) is 18.2 Å². The monoisotopic (exact) mass is 265 g/mol. The Bertz CT molecular complexity index is 527. The van der Waals surface area contributed by atoms with Gasteiger partial charge in [-0.15, -0.1) is 21.8 Å². The molecule has 1 heterocycles. The first-order valence-corrected chi connectivity index (χ1v) is 5.88. The molecule has 0 saturated heterocycles. The summed E-state index contributed by atoms with van der Waals surface area (Å²) in [6, 6.07) is 9.12. The molecule has 2 rings (SSSR count).